The van der Waals surface area contributed by atoms with E-state index in [1.807, 2.05) is 4.90 Å². The van der Waals surface area contributed by atoms with E-state index in [1.54, 1.807) is 36.6 Å². The second-order valence-electron chi connectivity index (χ2n) is 5.17. The van der Waals surface area contributed by atoms with Crippen LogP contribution in [0.25, 0.3) is 6.08 Å². The normalized spacial score (nSPS) is 14.5. The highest BCUT2D eigenvalue weighted by molar-refractivity contribution is 5.91. The molecule has 0 N–H and O–H groups in total. The van der Waals surface area contributed by atoms with Crippen LogP contribution in [0.15, 0.2) is 53.2 Å². The van der Waals surface area contributed by atoms with Crippen molar-refractivity contribution in [3.8, 4) is 0 Å². The van der Waals surface area contributed by atoms with E-state index in [4.69, 9.17) is 4.42 Å². The Bertz CT molecular complexity index is 627. The highest BCUT2D eigenvalue weighted by Crippen LogP contribution is 2.28. The summed E-state index contributed by atoms with van der Waals surface area (Å²) in [6.45, 7) is 0.506. The molecule has 1 amide bonds. The van der Waals surface area contributed by atoms with Crippen molar-refractivity contribution in [1.82, 2.24) is 4.90 Å². The maximum atomic E-state index is 12.9. The minimum absolute atomic E-state index is 0.0433. The lowest BCUT2D eigenvalue weighted by molar-refractivity contribution is -0.127. The largest absolute Gasteiger partial charge is 0.465 e. The first-order valence-corrected chi connectivity index (χ1v) is 6.99. The van der Waals surface area contributed by atoms with Gasteiger partial charge in [-0.1, -0.05) is 12.1 Å². The quantitative estimate of drug-likeness (QED) is 0.786. The topological polar surface area (TPSA) is 33.5 Å². The lowest BCUT2D eigenvalue weighted by atomic mass is 10.2. The number of halogens is 1. The van der Waals surface area contributed by atoms with Crippen molar-refractivity contribution < 1.29 is 13.6 Å². The second-order valence-corrected chi connectivity index (χ2v) is 5.17. The molecule has 0 spiro atoms. The Balaban J connectivity index is 1.69. The van der Waals surface area contributed by atoms with Gasteiger partial charge in [-0.15, -0.1) is 0 Å². The molecule has 3 nitrogen and oxygen atoms in total. The number of rotatable bonds is 5. The molecule has 1 heterocycles. The first-order chi connectivity index (χ1) is 10.2. The average Bonchev–Trinajstić information content (AvgIpc) is 3.19. The molecule has 2 aromatic rings. The third-order valence-corrected chi connectivity index (χ3v) is 3.47. The number of carbonyl (C=O) groups is 1. The molecule has 1 aliphatic rings. The predicted octanol–water partition coefficient (Wildman–Crippen LogP) is 3.62. The van der Waals surface area contributed by atoms with Gasteiger partial charge in [0, 0.05) is 18.7 Å². The molecular formula is C17H16FNO2. The lowest BCUT2D eigenvalue weighted by Crippen LogP contribution is -2.31. The van der Waals surface area contributed by atoms with Gasteiger partial charge in [0.15, 0.2) is 0 Å². The van der Waals surface area contributed by atoms with Gasteiger partial charge in [-0.2, -0.15) is 0 Å². The molecule has 21 heavy (non-hydrogen) atoms. The van der Waals surface area contributed by atoms with Gasteiger partial charge >= 0.3 is 0 Å². The minimum Gasteiger partial charge on any atom is -0.465 e. The number of nitrogens with zero attached hydrogens (tertiary/aromatic N) is 1. The van der Waals surface area contributed by atoms with E-state index >= 15 is 0 Å². The van der Waals surface area contributed by atoms with Crippen molar-refractivity contribution in [1.29, 1.82) is 0 Å². The summed E-state index contributed by atoms with van der Waals surface area (Å²) in [4.78, 5) is 14.1. The van der Waals surface area contributed by atoms with E-state index in [-0.39, 0.29) is 11.7 Å². The molecule has 3 rings (SSSR count). The zero-order valence-electron chi connectivity index (χ0n) is 11.5. The van der Waals surface area contributed by atoms with Crippen LogP contribution < -0.4 is 0 Å². The number of furan rings is 1. The fraction of sp³-hybridized carbons (Fsp3) is 0.235. The summed E-state index contributed by atoms with van der Waals surface area (Å²) in [5, 5.41) is 0. The van der Waals surface area contributed by atoms with Crippen molar-refractivity contribution in [3.63, 3.8) is 0 Å². The third kappa shape index (κ3) is 3.60. The molecule has 0 bridgehead atoms. The molecule has 1 fully saturated rings. The smallest absolute Gasteiger partial charge is 0.247 e. The number of carbonyl (C=O) groups excluding carboxylic acids is 1. The van der Waals surface area contributed by atoms with Crippen molar-refractivity contribution >= 4 is 12.0 Å². The van der Waals surface area contributed by atoms with Gasteiger partial charge in [-0.05, 0) is 48.7 Å². The number of amides is 1. The van der Waals surface area contributed by atoms with Crippen molar-refractivity contribution in [2.75, 3.05) is 0 Å². The summed E-state index contributed by atoms with van der Waals surface area (Å²) < 4.78 is 18.1. The number of benzene rings is 1. The Morgan fingerprint density at radius 2 is 2.05 bits per heavy atom. The molecule has 108 valence electrons. The monoisotopic (exact) mass is 285 g/mol. The third-order valence-electron chi connectivity index (χ3n) is 3.47. The van der Waals surface area contributed by atoms with E-state index < -0.39 is 0 Å². The zero-order valence-corrected chi connectivity index (χ0v) is 11.5. The summed E-state index contributed by atoms with van der Waals surface area (Å²) in [6.07, 6.45) is 6.83. The predicted molar refractivity (Wildman–Crippen MR) is 77.7 cm³/mol. The van der Waals surface area contributed by atoms with Crippen molar-refractivity contribution in [2.24, 2.45) is 0 Å². The van der Waals surface area contributed by atoms with Crippen LogP contribution in [0.4, 0.5) is 4.39 Å². The van der Waals surface area contributed by atoms with Gasteiger partial charge in [0.1, 0.15) is 11.6 Å². The Labute approximate surface area is 122 Å². The highest BCUT2D eigenvalue weighted by atomic mass is 19.1. The first kappa shape index (κ1) is 13.6. The summed E-state index contributed by atoms with van der Waals surface area (Å²) in [6, 6.07) is 10.1. The summed E-state index contributed by atoms with van der Waals surface area (Å²) in [5.41, 5.74) is 0.933. The number of hydrogen-bond acceptors (Lipinski definition) is 2. The summed E-state index contributed by atoms with van der Waals surface area (Å²) >= 11 is 0. The number of hydrogen-bond donors (Lipinski definition) is 0. The molecule has 1 saturated carbocycles. The van der Waals surface area contributed by atoms with Gasteiger partial charge in [-0.3, -0.25) is 4.79 Å². The van der Waals surface area contributed by atoms with Crippen LogP contribution in [0, 0.1) is 5.82 Å². The molecule has 1 aliphatic carbocycles. The first-order valence-electron chi connectivity index (χ1n) is 6.99. The maximum Gasteiger partial charge on any atom is 0.247 e. The second kappa shape index (κ2) is 5.95. The highest BCUT2D eigenvalue weighted by Gasteiger charge is 2.31. The molecule has 0 saturated heterocycles. The van der Waals surface area contributed by atoms with Gasteiger partial charge in [0.25, 0.3) is 0 Å². The lowest BCUT2D eigenvalue weighted by Gasteiger charge is -2.20. The molecule has 0 aliphatic heterocycles. The van der Waals surface area contributed by atoms with Gasteiger partial charge in [-0.25, -0.2) is 4.39 Å². The molecule has 0 atom stereocenters. The van der Waals surface area contributed by atoms with E-state index in [9.17, 15) is 9.18 Å². The molecule has 1 aromatic heterocycles. The van der Waals surface area contributed by atoms with E-state index in [2.05, 4.69) is 0 Å². The average molecular weight is 285 g/mol. The Hall–Kier alpha value is -2.36. The Morgan fingerprint density at radius 3 is 2.67 bits per heavy atom. The maximum absolute atomic E-state index is 12.9. The standard InChI is InChI=1S/C17H16FNO2/c18-14-5-3-13(4-6-14)12-19(15-7-8-15)17(20)10-9-16-2-1-11-21-16/h1-6,9-11,15H,7-8,12H2. The fourth-order valence-corrected chi connectivity index (χ4v) is 2.19. The molecule has 4 heteroatoms. The molecule has 1 aromatic carbocycles. The van der Waals surface area contributed by atoms with Crippen LogP contribution in [-0.2, 0) is 11.3 Å². The zero-order chi connectivity index (χ0) is 14.7. The summed E-state index contributed by atoms with van der Waals surface area (Å²) in [5.74, 6) is 0.347. The van der Waals surface area contributed by atoms with Gasteiger partial charge in [0.05, 0.1) is 6.26 Å². The Morgan fingerprint density at radius 1 is 1.29 bits per heavy atom. The van der Waals surface area contributed by atoms with Crippen LogP contribution in [0.2, 0.25) is 0 Å². The SMILES string of the molecule is O=C(C=Cc1ccco1)N(Cc1ccc(F)cc1)C1CC1. The van der Waals surface area contributed by atoms with Crippen LogP contribution in [0.1, 0.15) is 24.2 Å². The van der Waals surface area contributed by atoms with Gasteiger partial charge < -0.3 is 9.32 Å². The summed E-state index contributed by atoms with van der Waals surface area (Å²) in [7, 11) is 0. The van der Waals surface area contributed by atoms with Crippen LogP contribution in [-0.4, -0.2) is 16.8 Å². The van der Waals surface area contributed by atoms with E-state index in [0.717, 1.165) is 18.4 Å². The van der Waals surface area contributed by atoms with Crippen LogP contribution >= 0.6 is 0 Å². The minimum atomic E-state index is -0.263. The van der Waals surface area contributed by atoms with Crippen molar-refractivity contribution in [2.45, 2.75) is 25.4 Å². The van der Waals surface area contributed by atoms with Crippen LogP contribution in [0.5, 0.6) is 0 Å². The molecule has 0 unspecified atom stereocenters. The van der Waals surface area contributed by atoms with Gasteiger partial charge in [0.2, 0.25) is 5.91 Å². The van der Waals surface area contributed by atoms with E-state index in [1.165, 1.54) is 18.2 Å². The Kier molecular flexibility index (Phi) is 3.86. The van der Waals surface area contributed by atoms with E-state index in [0.29, 0.717) is 18.3 Å². The fourth-order valence-electron chi connectivity index (χ4n) is 2.19. The van der Waals surface area contributed by atoms with Crippen LogP contribution in [0.3, 0.4) is 0 Å². The molecule has 0 radical (unpaired) electrons. The molecular weight excluding hydrogens is 269 g/mol. The van der Waals surface area contributed by atoms with Crippen molar-refractivity contribution in [3.05, 3.63) is 65.9 Å².